The number of nitrogens with one attached hydrogen (secondary N) is 1. The summed E-state index contributed by atoms with van der Waals surface area (Å²) in [6.45, 7) is 7.97. The predicted molar refractivity (Wildman–Crippen MR) is 183 cm³/mol. The van der Waals surface area contributed by atoms with Gasteiger partial charge in [0.1, 0.15) is 29.9 Å². The van der Waals surface area contributed by atoms with Crippen molar-refractivity contribution in [1.29, 1.82) is 0 Å². The number of hydrogen-bond donors (Lipinski definition) is 2. The number of aliphatic hydroxyl groups excluding tert-OH is 1. The smallest absolute Gasteiger partial charge is 0.313 e. The number of esters is 1. The number of aliphatic hydroxyl groups is 1. The van der Waals surface area contributed by atoms with Crippen molar-refractivity contribution in [2.24, 2.45) is 11.8 Å². The van der Waals surface area contributed by atoms with E-state index in [1.165, 1.54) is 4.90 Å². The maximum atomic E-state index is 14.7. The molecule has 264 valence electrons. The topological polar surface area (TPSA) is 156 Å². The van der Waals surface area contributed by atoms with Crippen LogP contribution in [0.3, 0.4) is 0 Å². The van der Waals surface area contributed by atoms with Gasteiger partial charge in [-0.15, -0.1) is 18.3 Å². The van der Waals surface area contributed by atoms with Gasteiger partial charge in [0.05, 0.1) is 30.0 Å². The molecule has 6 atom stereocenters. The highest BCUT2D eigenvalue weighted by Crippen LogP contribution is 2.59. The highest BCUT2D eigenvalue weighted by Gasteiger charge is 2.75. The first-order valence-electron chi connectivity index (χ1n) is 17.2. The normalized spacial score (nSPS) is 24.2. The van der Waals surface area contributed by atoms with Crippen LogP contribution in [0.5, 0.6) is 0 Å². The summed E-state index contributed by atoms with van der Waals surface area (Å²) in [6.07, 6.45) is 4.43. The zero-order valence-corrected chi connectivity index (χ0v) is 28.1. The number of rotatable bonds is 17. The summed E-state index contributed by atoms with van der Waals surface area (Å²) in [5.41, 5.74) is 0.884. The first-order chi connectivity index (χ1) is 24.3. The van der Waals surface area contributed by atoms with Gasteiger partial charge in [0.2, 0.25) is 17.7 Å². The van der Waals surface area contributed by atoms with Gasteiger partial charge in [-0.1, -0.05) is 59.8 Å². The van der Waals surface area contributed by atoms with E-state index in [-0.39, 0.29) is 57.1 Å². The minimum Gasteiger partial charge on any atom is -0.455 e. The van der Waals surface area contributed by atoms with E-state index >= 15 is 0 Å². The van der Waals surface area contributed by atoms with E-state index in [4.69, 9.17) is 9.47 Å². The van der Waals surface area contributed by atoms with Gasteiger partial charge in [-0.25, -0.2) is 4.68 Å². The van der Waals surface area contributed by atoms with Crippen LogP contribution in [0.25, 0.3) is 11.0 Å². The highest BCUT2D eigenvalue weighted by atomic mass is 16.6. The molecule has 1 aromatic heterocycles. The first-order valence-corrected chi connectivity index (χ1v) is 17.2. The third-order valence-electron chi connectivity index (χ3n) is 9.99. The summed E-state index contributed by atoms with van der Waals surface area (Å²) in [7, 11) is 0. The van der Waals surface area contributed by atoms with Gasteiger partial charge in [0.15, 0.2) is 0 Å². The number of nitrogens with zero attached hydrogens (tertiary/aromatic N) is 5. The van der Waals surface area contributed by atoms with Crippen LogP contribution < -0.4 is 5.32 Å². The van der Waals surface area contributed by atoms with Crippen molar-refractivity contribution >= 4 is 34.7 Å². The van der Waals surface area contributed by atoms with Crippen molar-refractivity contribution < 1.29 is 33.8 Å². The molecular weight excluding hydrogens is 640 g/mol. The van der Waals surface area contributed by atoms with Crippen LogP contribution in [0.15, 0.2) is 79.9 Å². The van der Waals surface area contributed by atoms with Crippen molar-refractivity contribution in [2.45, 2.75) is 69.0 Å². The second kappa shape index (κ2) is 15.3. The Morgan fingerprint density at radius 3 is 2.66 bits per heavy atom. The maximum Gasteiger partial charge on any atom is 0.313 e. The molecule has 50 heavy (non-hydrogen) atoms. The molecule has 3 aliphatic rings. The standard InChI is InChI=1S/C37H44N6O7/c1-3-5-17-30(45)38-23-29(25-13-7-6-8-14-25)49-36(48)31-28-18-19-37(50-28)32(31)34(46)42(21-11-12-22-44)33(37)35(47)41(20-4-2)24-43-27-16-10-9-15-26(27)39-40-43/h3-4,6-10,13-16,28-29,31-33,44H,1-2,5,11-12,17-24H2,(H,38,45)/t28-,29-,31+,32+,33-,37+/m1/s1. The van der Waals surface area contributed by atoms with Crippen LogP contribution in [0.1, 0.15) is 50.2 Å². The van der Waals surface area contributed by atoms with Gasteiger partial charge in [-0.05, 0) is 49.8 Å². The van der Waals surface area contributed by atoms with Gasteiger partial charge in [0, 0.05) is 26.1 Å². The summed E-state index contributed by atoms with van der Waals surface area (Å²) >= 11 is 0. The average Bonchev–Trinajstić information content (AvgIpc) is 3.88. The maximum absolute atomic E-state index is 14.7. The fraction of sp³-hybridized carbons (Fsp3) is 0.459. The van der Waals surface area contributed by atoms with Crippen molar-refractivity contribution in [1.82, 2.24) is 30.1 Å². The molecule has 3 aromatic rings. The molecule has 2 N–H and O–H groups in total. The molecule has 3 saturated heterocycles. The number of benzene rings is 2. The molecule has 13 heteroatoms. The van der Waals surface area contributed by atoms with Crippen LogP contribution in [0.4, 0.5) is 0 Å². The van der Waals surface area contributed by atoms with Gasteiger partial charge < -0.3 is 29.7 Å². The molecule has 1 spiro atoms. The Labute approximate surface area is 290 Å². The lowest BCUT2D eigenvalue weighted by Crippen LogP contribution is -2.56. The fourth-order valence-corrected chi connectivity index (χ4v) is 7.71. The number of para-hydroxylation sites is 1. The van der Waals surface area contributed by atoms with Crippen molar-refractivity contribution in [3.8, 4) is 0 Å². The fourth-order valence-electron chi connectivity index (χ4n) is 7.71. The number of carbonyl (C=O) groups is 4. The SMILES string of the molecule is C=CCCC(=O)NC[C@@H](OC(=O)[C@@H]1[C@H]2C(=O)N(CCCCO)[C@H](C(=O)N(CC=C)Cn3nnc4ccccc43)[C@]23CC[C@H]1O3)c1ccccc1. The second-order valence-corrected chi connectivity index (χ2v) is 13.1. The lowest BCUT2D eigenvalue weighted by atomic mass is 9.70. The molecule has 3 aliphatic heterocycles. The van der Waals surface area contributed by atoms with Crippen LogP contribution >= 0.6 is 0 Å². The summed E-state index contributed by atoms with van der Waals surface area (Å²) < 4.78 is 14.4. The Morgan fingerprint density at radius 1 is 1.12 bits per heavy atom. The van der Waals surface area contributed by atoms with Crippen LogP contribution in [-0.4, -0.2) is 97.6 Å². The number of unbranched alkanes of at least 4 members (excludes halogenated alkanes) is 1. The molecule has 2 bridgehead atoms. The lowest BCUT2D eigenvalue weighted by molar-refractivity contribution is -0.160. The third kappa shape index (κ3) is 6.67. The van der Waals surface area contributed by atoms with Crippen LogP contribution in [0, 0.1) is 11.8 Å². The summed E-state index contributed by atoms with van der Waals surface area (Å²) in [5.74, 6) is -3.37. The van der Waals surface area contributed by atoms with Gasteiger partial charge >= 0.3 is 5.97 Å². The molecule has 0 radical (unpaired) electrons. The van der Waals surface area contributed by atoms with E-state index in [1.807, 2.05) is 54.6 Å². The Kier molecular flexibility index (Phi) is 10.7. The van der Waals surface area contributed by atoms with E-state index < -0.39 is 41.7 Å². The van der Waals surface area contributed by atoms with Crippen molar-refractivity contribution in [3.63, 3.8) is 0 Å². The van der Waals surface area contributed by atoms with E-state index in [1.54, 1.807) is 21.7 Å². The molecule has 0 aliphatic carbocycles. The number of hydrogen-bond acceptors (Lipinski definition) is 9. The van der Waals surface area contributed by atoms with E-state index in [0.29, 0.717) is 43.2 Å². The number of fused-ring (bicyclic) bond motifs is 2. The first kappa shape index (κ1) is 35.0. The van der Waals surface area contributed by atoms with Gasteiger partial charge in [0.25, 0.3) is 0 Å². The Bertz CT molecular complexity index is 1730. The second-order valence-electron chi connectivity index (χ2n) is 13.1. The quantitative estimate of drug-likeness (QED) is 0.124. The van der Waals surface area contributed by atoms with Crippen molar-refractivity contribution in [2.75, 3.05) is 26.2 Å². The third-order valence-corrected chi connectivity index (χ3v) is 9.99. The van der Waals surface area contributed by atoms with E-state index in [9.17, 15) is 24.3 Å². The summed E-state index contributed by atoms with van der Waals surface area (Å²) in [6, 6.07) is 15.6. The Balaban J connectivity index is 1.28. The molecular formula is C37H44N6O7. The Hall–Kier alpha value is -4.88. The van der Waals surface area contributed by atoms with Crippen LogP contribution in [0.2, 0.25) is 0 Å². The predicted octanol–water partition coefficient (Wildman–Crippen LogP) is 2.92. The molecule has 2 aromatic carbocycles. The molecule has 0 saturated carbocycles. The molecule has 13 nitrogen and oxygen atoms in total. The number of carbonyl (C=O) groups excluding carboxylic acids is 4. The lowest BCUT2D eigenvalue weighted by Gasteiger charge is -2.36. The number of allylic oxidation sites excluding steroid dienone is 1. The molecule has 4 heterocycles. The number of aromatic nitrogens is 3. The Morgan fingerprint density at radius 2 is 1.90 bits per heavy atom. The van der Waals surface area contributed by atoms with E-state index in [0.717, 1.165) is 5.52 Å². The zero-order chi connectivity index (χ0) is 35.3. The largest absolute Gasteiger partial charge is 0.455 e. The van der Waals surface area contributed by atoms with Crippen LogP contribution in [-0.2, 0) is 35.3 Å². The average molecular weight is 685 g/mol. The molecule has 3 fully saturated rings. The van der Waals surface area contributed by atoms with Gasteiger partial charge in [-0.3, -0.25) is 19.2 Å². The monoisotopic (exact) mass is 684 g/mol. The molecule has 6 rings (SSSR count). The zero-order valence-electron chi connectivity index (χ0n) is 28.1. The molecule has 3 amide bonds. The minimum atomic E-state index is -1.24. The summed E-state index contributed by atoms with van der Waals surface area (Å²) in [4.78, 5) is 58.9. The number of likely N-dealkylation sites (tertiary alicyclic amines) is 1. The highest BCUT2D eigenvalue weighted by molar-refractivity contribution is 5.98. The minimum absolute atomic E-state index is 0.0512. The van der Waals surface area contributed by atoms with Crippen molar-refractivity contribution in [3.05, 3.63) is 85.5 Å². The van der Waals surface area contributed by atoms with E-state index in [2.05, 4.69) is 28.8 Å². The summed E-state index contributed by atoms with van der Waals surface area (Å²) in [5, 5.41) is 20.9. The number of ether oxygens (including phenoxy) is 2. The van der Waals surface area contributed by atoms with Gasteiger partial charge in [-0.2, -0.15) is 0 Å². The molecule has 0 unspecified atom stereocenters. The number of amides is 3.